The highest BCUT2D eigenvalue weighted by Gasteiger charge is 2.31. The molecule has 0 aliphatic carbocycles. The van der Waals surface area contributed by atoms with Crippen molar-refractivity contribution in [3.63, 3.8) is 0 Å². The number of hydrogen-bond acceptors (Lipinski definition) is 3. The molecule has 0 aromatic heterocycles. The van der Waals surface area contributed by atoms with E-state index in [2.05, 4.69) is 44.7 Å². The van der Waals surface area contributed by atoms with E-state index in [9.17, 15) is 4.79 Å². The Morgan fingerprint density at radius 1 is 1.22 bits per heavy atom. The van der Waals surface area contributed by atoms with E-state index in [0.717, 1.165) is 11.5 Å². The third-order valence-corrected chi connectivity index (χ3v) is 7.16. The Kier molecular flexibility index (Phi) is 6.50. The molecule has 0 amide bonds. The fourth-order valence-electron chi connectivity index (χ4n) is 2.25. The molecular weight excluding hydrogens is 324 g/mol. The van der Waals surface area contributed by atoms with Gasteiger partial charge in [-0.25, -0.2) is 0 Å². The molecule has 1 N–H and O–H groups in total. The van der Waals surface area contributed by atoms with E-state index in [1.807, 2.05) is 35.7 Å². The molecule has 0 spiro atoms. The van der Waals surface area contributed by atoms with Crippen LogP contribution in [0.3, 0.4) is 0 Å². The van der Waals surface area contributed by atoms with Crippen LogP contribution in [0.1, 0.15) is 49.3 Å². The van der Waals surface area contributed by atoms with Crippen molar-refractivity contribution >= 4 is 29.5 Å². The lowest BCUT2D eigenvalue weighted by Crippen LogP contribution is -2.27. The molecular formula is C19H24O2S2. The molecule has 0 atom stereocenters. The summed E-state index contributed by atoms with van der Waals surface area (Å²) in [6.07, 6.45) is 0.509. The predicted molar refractivity (Wildman–Crippen MR) is 101 cm³/mol. The quantitative estimate of drug-likeness (QED) is 0.776. The van der Waals surface area contributed by atoms with Crippen molar-refractivity contribution in [3.8, 4) is 11.8 Å². The van der Waals surface area contributed by atoms with Crippen molar-refractivity contribution in [2.24, 2.45) is 11.3 Å². The van der Waals surface area contributed by atoms with Crippen LogP contribution in [0.5, 0.6) is 0 Å². The first-order valence-corrected chi connectivity index (χ1v) is 10.00. The summed E-state index contributed by atoms with van der Waals surface area (Å²) >= 11 is 4.09. The van der Waals surface area contributed by atoms with E-state index in [-0.39, 0.29) is 6.42 Å². The fourth-order valence-corrected chi connectivity index (χ4v) is 6.01. The highest BCUT2D eigenvalue weighted by molar-refractivity contribution is 8.16. The number of hydrogen-bond donors (Lipinski definition) is 1. The van der Waals surface area contributed by atoms with Gasteiger partial charge in [-0.15, -0.1) is 23.5 Å². The molecule has 0 bridgehead atoms. The maximum absolute atomic E-state index is 10.4. The summed E-state index contributed by atoms with van der Waals surface area (Å²) in [6, 6.07) is 8.40. The minimum absolute atomic E-state index is 0.107. The van der Waals surface area contributed by atoms with Gasteiger partial charge in [-0.05, 0) is 40.5 Å². The van der Waals surface area contributed by atoms with Crippen LogP contribution in [0.15, 0.2) is 24.3 Å². The molecule has 4 heteroatoms. The van der Waals surface area contributed by atoms with Crippen LogP contribution < -0.4 is 0 Å². The highest BCUT2D eigenvalue weighted by Crippen LogP contribution is 2.49. The zero-order chi connectivity index (χ0) is 16.9. The van der Waals surface area contributed by atoms with Crippen molar-refractivity contribution in [1.82, 2.24) is 0 Å². The molecule has 1 aliphatic rings. The van der Waals surface area contributed by atoms with Crippen molar-refractivity contribution < 1.29 is 9.90 Å². The second kappa shape index (κ2) is 8.17. The first-order chi connectivity index (χ1) is 10.9. The molecule has 23 heavy (non-hydrogen) atoms. The summed E-state index contributed by atoms with van der Waals surface area (Å²) in [7, 11) is 0. The smallest absolute Gasteiger partial charge is 0.304 e. The van der Waals surface area contributed by atoms with Crippen LogP contribution in [0.25, 0.3) is 0 Å². The van der Waals surface area contributed by atoms with Crippen molar-refractivity contribution in [1.29, 1.82) is 0 Å². The Morgan fingerprint density at radius 2 is 1.83 bits per heavy atom. The van der Waals surface area contributed by atoms with Crippen LogP contribution in [0.2, 0.25) is 0 Å². The lowest BCUT2D eigenvalue weighted by molar-refractivity contribution is -0.136. The predicted octanol–water partition coefficient (Wildman–Crippen LogP) is 5.04. The summed E-state index contributed by atoms with van der Waals surface area (Å²) in [6.45, 7) is 6.99. The fraction of sp³-hybridized carbons (Fsp3) is 0.526. The average Bonchev–Trinajstić information content (AvgIpc) is 2.51. The van der Waals surface area contributed by atoms with Crippen LogP contribution in [0, 0.1) is 23.2 Å². The first-order valence-electron chi connectivity index (χ1n) is 7.90. The van der Waals surface area contributed by atoms with Gasteiger partial charge in [-0.3, -0.25) is 4.79 Å². The molecule has 1 saturated heterocycles. The normalized spacial score (nSPS) is 21.3. The second-order valence-electron chi connectivity index (χ2n) is 6.88. The monoisotopic (exact) mass is 348 g/mol. The molecule has 124 valence electrons. The van der Waals surface area contributed by atoms with E-state index in [1.165, 1.54) is 17.1 Å². The lowest BCUT2D eigenvalue weighted by Gasteiger charge is -2.36. The van der Waals surface area contributed by atoms with Crippen LogP contribution >= 0.6 is 23.5 Å². The van der Waals surface area contributed by atoms with Gasteiger partial charge in [0.1, 0.15) is 0 Å². The molecule has 2 nitrogen and oxygen atoms in total. The van der Waals surface area contributed by atoms with E-state index in [1.54, 1.807) is 0 Å². The zero-order valence-corrected chi connectivity index (χ0v) is 15.6. The number of carboxylic acid groups (broad SMARTS) is 1. The van der Waals surface area contributed by atoms with Gasteiger partial charge < -0.3 is 5.11 Å². The largest absolute Gasteiger partial charge is 0.481 e. The van der Waals surface area contributed by atoms with E-state index in [4.69, 9.17) is 5.11 Å². The Morgan fingerprint density at radius 3 is 2.35 bits per heavy atom. The minimum atomic E-state index is -0.797. The molecule has 2 rings (SSSR count). The second-order valence-corrected chi connectivity index (χ2v) is 9.45. The maximum atomic E-state index is 10.4. The Balaban J connectivity index is 1.89. The number of rotatable bonds is 3. The molecule has 1 aromatic carbocycles. The van der Waals surface area contributed by atoms with Crippen LogP contribution in [-0.4, -0.2) is 22.6 Å². The average molecular weight is 349 g/mol. The van der Waals surface area contributed by atoms with Crippen molar-refractivity contribution in [2.75, 3.05) is 11.5 Å². The van der Waals surface area contributed by atoms with Gasteiger partial charge in [0.05, 0.1) is 11.0 Å². The summed E-state index contributed by atoms with van der Waals surface area (Å²) in [4.78, 5) is 10.4. The van der Waals surface area contributed by atoms with Gasteiger partial charge in [0.2, 0.25) is 0 Å². The van der Waals surface area contributed by atoms with Crippen molar-refractivity contribution in [3.05, 3.63) is 35.4 Å². The van der Waals surface area contributed by atoms with Gasteiger partial charge >= 0.3 is 5.97 Å². The summed E-state index contributed by atoms with van der Waals surface area (Å²) < 4.78 is 0.516. The minimum Gasteiger partial charge on any atom is -0.481 e. The van der Waals surface area contributed by atoms with Gasteiger partial charge in [-0.1, -0.05) is 44.7 Å². The molecule has 1 aliphatic heterocycles. The zero-order valence-electron chi connectivity index (χ0n) is 14.0. The topological polar surface area (TPSA) is 37.3 Å². The van der Waals surface area contributed by atoms with Crippen molar-refractivity contribution in [2.45, 2.75) is 38.2 Å². The standard InChI is InChI=1S/C19H24O2S2/c1-19(2,3)16-12-22-18(23-13-16)15-10-8-14(9-11-15)6-4-5-7-17(20)21/h8-11,16,18H,5,7,12-13H2,1-3H3,(H,20,21). The maximum Gasteiger partial charge on any atom is 0.304 e. The molecule has 0 saturated carbocycles. The summed E-state index contributed by atoms with van der Waals surface area (Å²) in [5.41, 5.74) is 2.70. The Bertz CT molecular complexity index is 583. The van der Waals surface area contributed by atoms with Gasteiger partial charge in [0.25, 0.3) is 0 Å². The Labute approximate surface area is 147 Å². The van der Waals surface area contributed by atoms with E-state index in [0.29, 0.717) is 16.4 Å². The Hall–Kier alpha value is -1.05. The summed E-state index contributed by atoms with van der Waals surface area (Å²) in [5, 5.41) is 8.59. The third-order valence-electron chi connectivity index (χ3n) is 4.00. The van der Waals surface area contributed by atoms with Gasteiger partial charge in [0.15, 0.2) is 0 Å². The molecule has 1 fully saturated rings. The highest BCUT2D eigenvalue weighted by atomic mass is 32.2. The molecule has 1 heterocycles. The molecule has 1 aromatic rings. The first kappa shape index (κ1) is 18.3. The van der Waals surface area contributed by atoms with E-state index >= 15 is 0 Å². The number of carboxylic acids is 1. The van der Waals surface area contributed by atoms with Gasteiger partial charge in [0, 0.05) is 12.0 Å². The third kappa shape index (κ3) is 5.82. The van der Waals surface area contributed by atoms with Crippen LogP contribution in [-0.2, 0) is 4.79 Å². The SMILES string of the molecule is CC(C)(C)C1CSC(c2ccc(C#CCCC(=O)O)cc2)SC1. The number of thioether (sulfide) groups is 2. The van der Waals surface area contributed by atoms with Crippen LogP contribution in [0.4, 0.5) is 0 Å². The molecule has 0 radical (unpaired) electrons. The number of benzene rings is 1. The number of carbonyl (C=O) groups is 1. The number of aliphatic carboxylic acids is 1. The molecule has 0 unspecified atom stereocenters. The lowest BCUT2D eigenvalue weighted by atomic mass is 9.83. The summed E-state index contributed by atoms with van der Waals surface area (Å²) in [5.74, 6) is 8.36. The van der Waals surface area contributed by atoms with E-state index < -0.39 is 5.97 Å². The van der Waals surface area contributed by atoms with Gasteiger partial charge in [-0.2, -0.15) is 0 Å².